The summed E-state index contributed by atoms with van der Waals surface area (Å²) in [5, 5.41) is 20.4. The Morgan fingerprint density at radius 1 is 1.56 bits per heavy atom. The van der Waals surface area contributed by atoms with Gasteiger partial charge in [0.2, 0.25) is 0 Å². The molecule has 88 valence electrons. The number of alkyl halides is 2. The Labute approximate surface area is 89.0 Å². The third-order valence-electron chi connectivity index (χ3n) is 2.64. The topological polar surface area (TPSA) is 90.9 Å². The number of aromatic amines is 1. The number of carboxylic acid groups (broad SMARTS) is 1. The molecule has 1 aliphatic carbocycles. The highest BCUT2D eigenvalue weighted by Gasteiger charge is 2.60. The predicted molar refractivity (Wildman–Crippen MR) is 48.1 cm³/mol. The molecule has 0 unspecified atom stereocenters. The number of nitrogens with zero attached hydrogens (tertiary/aromatic N) is 2. The van der Waals surface area contributed by atoms with E-state index in [2.05, 4.69) is 20.7 Å². The Hall–Kier alpha value is -1.73. The van der Waals surface area contributed by atoms with E-state index in [4.69, 9.17) is 5.11 Å². The molecule has 1 amide bonds. The minimum absolute atomic E-state index is 0.237. The molecule has 0 aromatic carbocycles. The normalized spacial score (nSPS) is 21.2. The zero-order chi connectivity index (χ0) is 12.0. The van der Waals surface area contributed by atoms with E-state index in [1.807, 2.05) is 0 Å². The lowest BCUT2D eigenvalue weighted by Crippen LogP contribution is -2.60. The van der Waals surface area contributed by atoms with Gasteiger partial charge in [0.15, 0.2) is 0 Å². The smallest absolute Gasteiger partial charge is 0.405 e. The second kappa shape index (κ2) is 3.13. The molecule has 0 aliphatic heterocycles. The third kappa shape index (κ3) is 1.59. The summed E-state index contributed by atoms with van der Waals surface area (Å²) >= 11 is 0. The molecule has 0 bridgehead atoms. The fourth-order valence-corrected chi connectivity index (χ4v) is 2.08. The maximum Gasteiger partial charge on any atom is 0.405 e. The van der Waals surface area contributed by atoms with Crippen molar-refractivity contribution in [2.24, 2.45) is 0 Å². The van der Waals surface area contributed by atoms with E-state index < -0.39 is 30.4 Å². The van der Waals surface area contributed by atoms with Crippen molar-refractivity contribution in [2.45, 2.75) is 31.2 Å². The average molecular weight is 232 g/mol. The molecule has 16 heavy (non-hydrogen) atoms. The van der Waals surface area contributed by atoms with Gasteiger partial charge in [0.25, 0.3) is 5.92 Å². The van der Waals surface area contributed by atoms with Crippen LogP contribution in [0.5, 0.6) is 0 Å². The van der Waals surface area contributed by atoms with Gasteiger partial charge in [0, 0.05) is 12.8 Å². The number of rotatable bonds is 2. The summed E-state index contributed by atoms with van der Waals surface area (Å²) in [7, 11) is 0. The highest BCUT2D eigenvalue weighted by molar-refractivity contribution is 5.66. The highest BCUT2D eigenvalue weighted by Crippen LogP contribution is 2.51. The Balaban J connectivity index is 2.31. The van der Waals surface area contributed by atoms with E-state index >= 15 is 0 Å². The SMILES string of the molecule is Cc1[nH]nnc1C1(NC(=O)O)CC(F)(F)C1. The molecule has 3 N–H and O–H groups in total. The first-order chi connectivity index (χ1) is 7.35. The summed E-state index contributed by atoms with van der Waals surface area (Å²) in [6.45, 7) is 1.61. The first kappa shape index (κ1) is 10.8. The maximum atomic E-state index is 12.9. The molecule has 1 saturated carbocycles. The van der Waals surface area contributed by atoms with Crippen molar-refractivity contribution in [1.29, 1.82) is 0 Å². The third-order valence-corrected chi connectivity index (χ3v) is 2.64. The van der Waals surface area contributed by atoms with Gasteiger partial charge >= 0.3 is 6.09 Å². The van der Waals surface area contributed by atoms with Crippen LogP contribution in [0.15, 0.2) is 0 Å². The Morgan fingerprint density at radius 3 is 2.56 bits per heavy atom. The number of halogens is 2. The lowest BCUT2D eigenvalue weighted by molar-refractivity contribution is -0.136. The number of aryl methyl sites for hydroxylation is 1. The summed E-state index contributed by atoms with van der Waals surface area (Å²) in [5.41, 5.74) is -0.586. The standard InChI is InChI=1S/C8H10F2N4O2/c1-4-5(13-14-12-4)7(11-6(15)16)2-8(9,10)3-7/h11H,2-3H2,1H3,(H,15,16)(H,12,13,14). The minimum Gasteiger partial charge on any atom is -0.465 e. The lowest BCUT2D eigenvalue weighted by atomic mass is 9.70. The van der Waals surface area contributed by atoms with E-state index in [9.17, 15) is 13.6 Å². The van der Waals surface area contributed by atoms with Crippen LogP contribution in [0.3, 0.4) is 0 Å². The van der Waals surface area contributed by atoms with Crippen LogP contribution >= 0.6 is 0 Å². The fraction of sp³-hybridized carbons (Fsp3) is 0.625. The fourth-order valence-electron chi connectivity index (χ4n) is 2.08. The zero-order valence-corrected chi connectivity index (χ0v) is 8.42. The van der Waals surface area contributed by atoms with Gasteiger partial charge < -0.3 is 10.4 Å². The van der Waals surface area contributed by atoms with E-state index in [0.29, 0.717) is 5.69 Å². The van der Waals surface area contributed by atoms with Gasteiger partial charge in [-0.05, 0) is 6.92 Å². The number of H-pyrrole nitrogens is 1. The van der Waals surface area contributed by atoms with Crippen molar-refractivity contribution in [3.8, 4) is 0 Å². The summed E-state index contributed by atoms with van der Waals surface area (Å²) in [6.07, 6.45) is -2.52. The number of amides is 1. The molecule has 1 aromatic heterocycles. The van der Waals surface area contributed by atoms with Gasteiger partial charge in [-0.15, -0.1) is 5.10 Å². The molecular formula is C8H10F2N4O2. The molecule has 8 heteroatoms. The van der Waals surface area contributed by atoms with Crippen LogP contribution in [0.25, 0.3) is 0 Å². The molecular weight excluding hydrogens is 222 g/mol. The van der Waals surface area contributed by atoms with Gasteiger partial charge in [0.1, 0.15) is 11.2 Å². The van der Waals surface area contributed by atoms with E-state index in [-0.39, 0.29) is 5.69 Å². The molecule has 6 nitrogen and oxygen atoms in total. The Morgan fingerprint density at radius 2 is 2.19 bits per heavy atom. The van der Waals surface area contributed by atoms with Crippen molar-refractivity contribution in [3.63, 3.8) is 0 Å². The largest absolute Gasteiger partial charge is 0.465 e. The number of nitrogens with one attached hydrogen (secondary N) is 2. The second-order valence-electron chi connectivity index (χ2n) is 4.01. The van der Waals surface area contributed by atoms with E-state index in [1.165, 1.54) is 0 Å². The van der Waals surface area contributed by atoms with Crippen LogP contribution in [0, 0.1) is 6.92 Å². The predicted octanol–water partition coefficient (Wildman–Crippen LogP) is 1.01. The van der Waals surface area contributed by atoms with Crippen molar-refractivity contribution in [1.82, 2.24) is 20.7 Å². The van der Waals surface area contributed by atoms with Crippen molar-refractivity contribution < 1.29 is 18.7 Å². The van der Waals surface area contributed by atoms with Crippen LogP contribution in [-0.4, -0.2) is 32.5 Å². The molecule has 0 spiro atoms. The number of hydrogen-bond donors (Lipinski definition) is 3. The van der Waals surface area contributed by atoms with E-state index in [0.717, 1.165) is 0 Å². The Kier molecular flexibility index (Phi) is 2.11. The summed E-state index contributed by atoms with van der Waals surface area (Å²) in [4.78, 5) is 10.6. The van der Waals surface area contributed by atoms with Crippen LogP contribution in [-0.2, 0) is 5.54 Å². The monoisotopic (exact) mass is 232 g/mol. The highest BCUT2D eigenvalue weighted by atomic mass is 19.3. The van der Waals surface area contributed by atoms with Crippen LogP contribution < -0.4 is 5.32 Å². The number of hydrogen-bond acceptors (Lipinski definition) is 3. The summed E-state index contributed by atoms with van der Waals surface area (Å²) in [6, 6.07) is 0. The van der Waals surface area contributed by atoms with Gasteiger partial charge in [-0.3, -0.25) is 5.10 Å². The lowest BCUT2D eigenvalue weighted by Gasteiger charge is -2.45. The van der Waals surface area contributed by atoms with Crippen LogP contribution in [0.1, 0.15) is 24.2 Å². The van der Waals surface area contributed by atoms with Crippen LogP contribution in [0.4, 0.5) is 13.6 Å². The molecule has 0 saturated heterocycles. The quantitative estimate of drug-likeness (QED) is 0.709. The van der Waals surface area contributed by atoms with Crippen molar-refractivity contribution in [3.05, 3.63) is 11.4 Å². The minimum atomic E-state index is -2.85. The molecule has 0 radical (unpaired) electrons. The van der Waals surface area contributed by atoms with Crippen molar-refractivity contribution in [2.75, 3.05) is 0 Å². The first-order valence-corrected chi connectivity index (χ1v) is 4.62. The van der Waals surface area contributed by atoms with E-state index in [1.54, 1.807) is 6.92 Å². The average Bonchev–Trinajstić information content (AvgIpc) is 2.46. The van der Waals surface area contributed by atoms with Crippen molar-refractivity contribution >= 4 is 6.09 Å². The molecule has 1 aromatic rings. The zero-order valence-electron chi connectivity index (χ0n) is 8.42. The summed E-state index contributed by atoms with van der Waals surface area (Å²) < 4.78 is 25.8. The Bertz CT molecular complexity index is 423. The molecule has 1 fully saturated rings. The summed E-state index contributed by atoms with van der Waals surface area (Å²) in [5.74, 6) is -2.85. The molecule has 1 heterocycles. The van der Waals surface area contributed by atoms with Gasteiger partial charge in [0.05, 0.1) is 5.69 Å². The number of carbonyl (C=O) groups is 1. The van der Waals surface area contributed by atoms with Crippen LogP contribution in [0.2, 0.25) is 0 Å². The first-order valence-electron chi connectivity index (χ1n) is 4.62. The molecule has 2 rings (SSSR count). The maximum absolute atomic E-state index is 12.9. The van der Waals surface area contributed by atoms with Gasteiger partial charge in [-0.1, -0.05) is 5.21 Å². The number of aromatic nitrogens is 3. The molecule has 1 aliphatic rings. The van der Waals surface area contributed by atoms with Gasteiger partial charge in [-0.2, -0.15) is 0 Å². The van der Waals surface area contributed by atoms with Gasteiger partial charge in [-0.25, -0.2) is 13.6 Å². The second-order valence-corrected chi connectivity index (χ2v) is 4.01. The molecule has 0 atom stereocenters.